The van der Waals surface area contributed by atoms with Gasteiger partial charge in [0.2, 0.25) is 5.91 Å². The molecule has 1 aromatic rings. The highest BCUT2D eigenvalue weighted by molar-refractivity contribution is 5.79. The summed E-state index contributed by atoms with van der Waals surface area (Å²) in [5.41, 5.74) is 3.35. The van der Waals surface area contributed by atoms with Crippen LogP contribution in [-0.4, -0.2) is 70.5 Å². The number of hydrogen-bond donors (Lipinski definition) is 2. The van der Waals surface area contributed by atoms with Crippen LogP contribution in [0.15, 0.2) is 11.6 Å². The van der Waals surface area contributed by atoms with E-state index in [1.54, 1.807) is 0 Å². The van der Waals surface area contributed by atoms with Crippen molar-refractivity contribution < 1.29 is 4.79 Å². The predicted octanol–water partition coefficient (Wildman–Crippen LogP) is 3.08. The summed E-state index contributed by atoms with van der Waals surface area (Å²) in [6.45, 7) is 12.3. The van der Waals surface area contributed by atoms with Gasteiger partial charge in [0.25, 0.3) is 0 Å². The van der Waals surface area contributed by atoms with Crippen molar-refractivity contribution in [2.75, 3.05) is 39.0 Å². The topological polar surface area (TPSA) is 73.4 Å². The van der Waals surface area contributed by atoms with Gasteiger partial charge in [0.15, 0.2) is 0 Å². The van der Waals surface area contributed by atoms with Crippen LogP contribution in [0, 0.1) is 0 Å². The Morgan fingerprint density at radius 2 is 1.91 bits per heavy atom. The fourth-order valence-corrected chi connectivity index (χ4v) is 5.82. The molecule has 3 aliphatic heterocycles. The molecule has 0 radical (unpaired) electrons. The lowest BCUT2D eigenvalue weighted by Gasteiger charge is -2.41. The van der Waals surface area contributed by atoms with Gasteiger partial charge in [-0.2, -0.15) is 0 Å². The molecular formula is C25H40N6O. The molecule has 0 aromatic carbocycles. The predicted molar refractivity (Wildman–Crippen MR) is 129 cm³/mol. The van der Waals surface area contributed by atoms with Crippen molar-refractivity contribution in [1.29, 1.82) is 0 Å². The van der Waals surface area contributed by atoms with Crippen LogP contribution in [0.3, 0.4) is 0 Å². The van der Waals surface area contributed by atoms with Crippen LogP contribution < -0.4 is 10.6 Å². The van der Waals surface area contributed by atoms with Gasteiger partial charge in [0, 0.05) is 42.6 Å². The Balaban J connectivity index is 1.50. The first kappa shape index (κ1) is 23.2. The van der Waals surface area contributed by atoms with Crippen molar-refractivity contribution in [2.45, 2.75) is 83.3 Å². The summed E-state index contributed by atoms with van der Waals surface area (Å²) in [6, 6.07) is 0. The summed E-state index contributed by atoms with van der Waals surface area (Å²) in [5, 5.41) is 6.94. The van der Waals surface area contributed by atoms with E-state index in [9.17, 15) is 4.79 Å². The third-order valence-electron chi connectivity index (χ3n) is 7.03. The Labute approximate surface area is 193 Å². The van der Waals surface area contributed by atoms with E-state index < -0.39 is 0 Å². The number of aromatic nitrogens is 2. The van der Waals surface area contributed by atoms with Crippen LogP contribution in [0.25, 0.3) is 0 Å². The molecule has 1 saturated heterocycles. The number of carbonyl (C=O) groups excluding carboxylic acids is 1. The van der Waals surface area contributed by atoms with Crippen molar-refractivity contribution in [2.24, 2.45) is 0 Å². The van der Waals surface area contributed by atoms with Gasteiger partial charge in [-0.25, -0.2) is 9.97 Å². The Hall–Kier alpha value is -1.99. The highest BCUT2D eigenvalue weighted by Gasteiger charge is 2.34. The molecule has 1 aromatic heterocycles. The largest absolute Gasteiger partial charge is 0.373 e. The summed E-state index contributed by atoms with van der Waals surface area (Å²) >= 11 is 0. The molecule has 7 heteroatoms. The van der Waals surface area contributed by atoms with Crippen molar-refractivity contribution in [3.8, 4) is 0 Å². The molecule has 7 nitrogen and oxygen atoms in total. The van der Waals surface area contributed by atoms with E-state index in [4.69, 9.17) is 9.97 Å². The first-order valence-corrected chi connectivity index (χ1v) is 12.1. The van der Waals surface area contributed by atoms with E-state index in [1.807, 2.05) is 11.9 Å². The number of carbonyl (C=O) groups is 1. The molecule has 2 N–H and O–H groups in total. The van der Waals surface area contributed by atoms with E-state index in [0.29, 0.717) is 18.9 Å². The highest BCUT2D eigenvalue weighted by Crippen LogP contribution is 2.32. The quantitative estimate of drug-likeness (QED) is 0.701. The number of fused-ring (bicyclic) bond motifs is 1. The Kier molecular flexibility index (Phi) is 6.34. The van der Waals surface area contributed by atoms with Gasteiger partial charge in [0.1, 0.15) is 11.6 Å². The van der Waals surface area contributed by atoms with Gasteiger partial charge in [0.05, 0.1) is 12.2 Å². The summed E-state index contributed by atoms with van der Waals surface area (Å²) in [4.78, 5) is 27.5. The number of nitrogens with one attached hydrogen (secondary N) is 2. The minimum atomic E-state index is -0.0935. The van der Waals surface area contributed by atoms with Crippen molar-refractivity contribution in [3.63, 3.8) is 0 Å². The summed E-state index contributed by atoms with van der Waals surface area (Å²) in [5.74, 6) is 2.50. The number of likely N-dealkylation sites (tertiary alicyclic amines) is 1. The van der Waals surface area contributed by atoms with E-state index in [2.05, 4.69) is 56.4 Å². The van der Waals surface area contributed by atoms with Gasteiger partial charge in [-0.1, -0.05) is 11.6 Å². The number of amides is 1. The zero-order chi connectivity index (χ0) is 23.1. The zero-order valence-electron chi connectivity index (χ0n) is 20.7. The van der Waals surface area contributed by atoms with Crippen LogP contribution >= 0.6 is 0 Å². The van der Waals surface area contributed by atoms with Gasteiger partial charge in [-0.05, 0) is 73.5 Å². The van der Waals surface area contributed by atoms with Gasteiger partial charge in [-0.3, -0.25) is 4.79 Å². The third-order valence-corrected chi connectivity index (χ3v) is 7.03. The molecule has 0 aliphatic carbocycles. The number of anilines is 1. The minimum Gasteiger partial charge on any atom is -0.373 e. The van der Waals surface area contributed by atoms with E-state index >= 15 is 0 Å². The second-order valence-electron chi connectivity index (χ2n) is 11.1. The summed E-state index contributed by atoms with van der Waals surface area (Å²) in [6.07, 6.45) is 6.63. The maximum Gasteiger partial charge on any atom is 0.227 e. The summed E-state index contributed by atoms with van der Waals surface area (Å²) in [7, 11) is 4.11. The van der Waals surface area contributed by atoms with E-state index in [0.717, 1.165) is 62.7 Å². The van der Waals surface area contributed by atoms with Crippen LogP contribution in [0.1, 0.15) is 76.4 Å². The molecule has 0 saturated carbocycles. The normalized spacial score (nSPS) is 23.4. The minimum absolute atomic E-state index is 0.000247. The number of hydrogen-bond acceptors (Lipinski definition) is 6. The van der Waals surface area contributed by atoms with E-state index in [-0.39, 0.29) is 17.0 Å². The average Bonchev–Trinajstić information content (AvgIpc) is 2.70. The van der Waals surface area contributed by atoms with E-state index in [1.165, 1.54) is 11.1 Å². The lowest BCUT2D eigenvalue weighted by Crippen LogP contribution is -2.54. The second-order valence-corrected chi connectivity index (χ2v) is 11.1. The SMILES string of the molecule is CNc1nc(C2CCN(C)CC2)nc2c1CCN(C(=O)CC1=CC(C)(C)NC(C)(C)C1)C2. The highest BCUT2D eigenvalue weighted by atomic mass is 16.2. The van der Waals surface area contributed by atoms with Crippen LogP contribution in [0.5, 0.6) is 0 Å². The van der Waals surface area contributed by atoms with Crippen molar-refractivity contribution in [3.05, 3.63) is 28.7 Å². The van der Waals surface area contributed by atoms with Gasteiger partial charge >= 0.3 is 0 Å². The van der Waals surface area contributed by atoms with Crippen LogP contribution in [0.4, 0.5) is 5.82 Å². The van der Waals surface area contributed by atoms with Crippen molar-refractivity contribution in [1.82, 2.24) is 25.1 Å². The molecule has 4 heterocycles. The number of nitrogens with zero attached hydrogens (tertiary/aromatic N) is 4. The maximum absolute atomic E-state index is 13.3. The smallest absolute Gasteiger partial charge is 0.227 e. The molecule has 0 bridgehead atoms. The standard InChI is InChI=1S/C25H40N6O/c1-24(2)14-17(15-25(3,4)29-24)13-21(32)31-12-9-19-20(16-31)27-22(28-23(19)26-5)18-7-10-30(6)11-8-18/h14,18,29H,7-13,15-16H2,1-6H3,(H,26,27,28). The fourth-order valence-electron chi connectivity index (χ4n) is 5.82. The molecule has 0 atom stereocenters. The first-order chi connectivity index (χ1) is 15.0. The Morgan fingerprint density at radius 3 is 2.56 bits per heavy atom. The molecule has 3 aliphatic rings. The average molecular weight is 441 g/mol. The molecule has 176 valence electrons. The molecule has 0 unspecified atom stereocenters. The summed E-state index contributed by atoms with van der Waals surface area (Å²) < 4.78 is 0. The lowest BCUT2D eigenvalue weighted by molar-refractivity contribution is -0.131. The lowest BCUT2D eigenvalue weighted by atomic mass is 9.82. The Morgan fingerprint density at radius 1 is 1.19 bits per heavy atom. The molecule has 32 heavy (non-hydrogen) atoms. The van der Waals surface area contributed by atoms with Crippen LogP contribution in [0.2, 0.25) is 0 Å². The Bertz CT molecular complexity index is 898. The fraction of sp³-hybridized carbons (Fsp3) is 0.720. The monoisotopic (exact) mass is 440 g/mol. The zero-order valence-corrected chi connectivity index (χ0v) is 20.7. The maximum atomic E-state index is 13.3. The molecule has 1 fully saturated rings. The third kappa shape index (κ3) is 5.15. The molecule has 0 spiro atoms. The molecule has 4 rings (SSSR count). The number of piperidine rings is 1. The first-order valence-electron chi connectivity index (χ1n) is 12.1. The second kappa shape index (κ2) is 8.75. The van der Waals surface area contributed by atoms with Gasteiger partial charge in [-0.15, -0.1) is 0 Å². The molecule has 1 amide bonds. The van der Waals surface area contributed by atoms with Crippen molar-refractivity contribution >= 4 is 11.7 Å². The molecular weight excluding hydrogens is 400 g/mol. The number of rotatable bonds is 4. The van der Waals surface area contributed by atoms with Gasteiger partial charge < -0.3 is 20.4 Å². The van der Waals surface area contributed by atoms with Crippen LogP contribution in [-0.2, 0) is 17.8 Å².